The first-order valence-corrected chi connectivity index (χ1v) is 8.07. The van der Waals surface area contributed by atoms with Crippen molar-refractivity contribution in [3.05, 3.63) is 47.8 Å². The van der Waals surface area contributed by atoms with Crippen LogP contribution in [-0.4, -0.2) is 21.4 Å². The van der Waals surface area contributed by atoms with Gasteiger partial charge in [-0.05, 0) is 41.5 Å². The van der Waals surface area contributed by atoms with Gasteiger partial charge in [-0.1, -0.05) is 26.0 Å². The van der Waals surface area contributed by atoms with Gasteiger partial charge < -0.3 is 9.90 Å². The van der Waals surface area contributed by atoms with Crippen LogP contribution in [0, 0.1) is 11.3 Å². The molecule has 0 radical (unpaired) electrons. The molecule has 0 aromatic carbocycles. The van der Waals surface area contributed by atoms with Gasteiger partial charge in [-0.3, -0.25) is 4.98 Å². The molecule has 1 fully saturated rings. The number of carbonyl (C=O) groups is 1. The first kappa shape index (κ1) is 14.5. The fourth-order valence-corrected chi connectivity index (χ4v) is 4.55. The molecule has 0 saturated heterocycles. The summed E-state index contributed by atoms with van der Waals surface area (Å²) >= 11 is 0. The Bertz CT molecular complexity index is 772. The van der Waals surface area contributed by atoms with Gasteiger partial charge in [0, 0.05) is 18.5 Å². The number of aldehydes is 1. The Morgan fingerprint density at radius 2 is 2.09 bits per heavy atom. The van der Waals surface area contributed by atoms with Crippen molar-refractivity contribution in [2.24, 2.45) is 11.3 Å². The smallest absolute Gasteiger partial charge is 0.123 e. The number of aromatic nitrogens is 2. The molecule has 3 atom stereocenters. The highest BCUT2D eigenvalue weighted by molar-refractivity contribution is 5.59. The number of carbonyl (C=O) groups excluding carboxylic acids is 1. The van der Waals surface area contributed by atoms with Crippen LogP contribution >= 0.6 is 0 Å². The van der Waals surface area contributed by atoms with Crippen LogP contribution in [-0.2, 0) is 10.4 Å². The summed E-state index contributed by atoms with van der Waals surface area (Å²) in [5.41, 5.74) is 2.11. The Hall–Kier alpha value is -2.07. The van der Waals surface area contributed by atoms with Crippen molar-refractivity contribution >= 4 is 6.29 Å². The van der Waals surface area contributed by atoms with E-state index in [1.807, 2.05) is 24.3 Å². The zero-order valence-electron chi connectivity index (χ0n) is 13.4. The van der Waals surface area contributed by atoms with E-state index in [2.05, 4.69) is 24.9 Å². The fourth-order valence-electron chi connectivity index (χ4n) is 4.55. The summed E-state index contributed by atoms with van der Waals surface area (Å²) in [4.78, 5) is 20.3. The van der Waals surface area contributed by atoms with Crippen LogP contribution in [0.2, 0.25) is 0 Å². The minimum absolute atomic E-state index is 0.00104. The largest absolute Gasteiger partial charge is 0.383 e. The average molecular weight is 308 g/mol. The van der Waals surface area contributed by atoms with Gasteiger partial charge in [0.25, 0.3) is 0 Å². The number of hydrogen-bond donors (Lipinski definition) is 1. The SMILES string of the molecule is CC1(C)[C@@H]2C[C@H]1[C@@](O)(CC=O)c1nc(-c3ccccn3)ccc12. The van der Waals surface area contributed by atoms with E-state index in [0.29, 0.717) is 11.6 Å². The molecule has 2 aromatic rings. The van der Waals surface area contributed by atoms with Crippen molar-refractivity contribution < 1.29 is 9.90 Å². The lowest BCUT2D eigenvalue weighted by Crippen LogP contribution is -2.59. The molecule has 2 heterocycles. The third kappa shape index (κ3) is 1.84. The minimum atomic E-state index is -1.17. The van der Waals surface area contributed by atoms with Gasteiger partial charge in [0.15, 0.2) is 0 Å². The van der Waals surface area contributed by atoms with Crippen molar-refractivity contribution in [1.82, 2.24) is 9.97 Å². The Morgan fingerprint density at radius 3 is 2.74 bits per heavy atom. The second kappa shape index (κ2) is 4.71. The zero-order valence-corrected chi connectivity index (χ0v) is 13.4. The molecule has 3 aliphatic carbocycles. The summed E-state index contributed by atoms with van der Waals surface area (Å²) in [5, 5.41) is 11.3. The molecule has 0 amide bonds. The lowest BCUT2D eigenvalue weighted by atomic mass is 9.43. The lowest BCUT2D eigenvalue weighted by Gasteiger charge is -2.62. The quantitative estimate of drug-likeness (QED) is 0.885. The lowest BCUT2D eigenvalue weighted by molar-refractivity contribution is -0.164. The first-order chi connectivity index (χ1) is 11.0. The Balaban J connectivity index is 1.89. The van der Waals surface area contributed by atoms with Gasteiger partial charge in [-0.2, -0.15) is 0 Å². The van der Waals surface area contributed by atoms with E-state index in [9.17, 15) is 9.90 Å². The molecule has 3 aliphatic rings. The predicted molar refractivity (Wildman–Crippen MR) is 86.7 cm³/mol. The van der Waals surface area contributed by atoms with Gasteiger partial charge >= 0.3 is 0 Å². The molecule has 1 saturated carbocycles. The molecule has 4 heteroatoms. The molecule has 5 rings (SSSR count). The first-order valence-electron chi connectivity index (χ1n) is 8.07. The molecule has 118 valence electrons. The molecule has 23 heavy (non-hydrogen) atoms. The van der Waals surface area contributed by atoms with E-state index in [1.165, 1.54) is 0 Å². The Kier molecular flexibility index (Phi) is 2.97. The van der Waals surface area contributed by atoms with E-state index >= 15 is 0 Å². The summed E-state index contributed by atoms with van der Waals surface area (Å²) in [7, 11) is 0. The van der Waals surface area contributed by atoms with Gasteiger partial charge in [0.2, 0.25) is 0 Å². The monoisotopic (exact) mass is 308 g/mol. The summed E-state index contributed by atoms with van der Waals surface area (Å²) in [6, 6.07) is 9.71. The van der Waals surface area contributed by atoms with Gasteiger partial charge in [-0.15, -0.1) is 0 Å². The Labute approximate surface area is 135 Å². The minimum Gasteiger partial charge on any atom is -0.383 e. The third-order valence-corrected chi connectivity index (χ3v) is 5.88. The zero-order chi connectivity index (χ0) is 16.2. The van der Waals surface area contributed by atoms with Crippen molar-refractivity contribution in [3.8, 4) is 11.4 Å². The van der Waals surface area contributed by atoms with E-state index in [0.717, 1.165) is 29.7 Å². The highest BCUT2D eigenvalue weighted by Gasteiger charge is 2.63. The van der Waals surface area contributed by atoms with Crippen LogP contribution < -0.4 is 0 Å². The van der Waals surface area contributed by atoms with Gasteiger partial charge in [-0.25, -0.2) is 4.98 Å². The van der Waals surface area contributed by atoms with Crippen molar-refractivity contribution in [2.75, 3.05) is 0 Å². The van der Waals surface area contributed by atoms with Gasteiger partial charge in [0.1, 0.15) is 11.9 Å². The summed E-state index contributed by atoms with van der Waals surface area (Å²) < 4.78 is 0. The van der Waals surface area contributed by atoms with Crippen molar-refractivity contribution in [1.29, 1.82) is 0 Å². The predicted octanol–water partition coefficient (Wildman–Crippen LogP) is 3.06. The number of hydrogen-bond acceptors (Lipinski definition) is 4. The van der Waals surface area contributed by atoms with Crippen molar-refractivity contribution in [2.45, 2.75) is 38.2 Å². The fraction of sp³-hybridized carbons (Fsp3) is 0.421. The number of rotatable bonds is 3. The number of nitrogens with zero attached hydrogens (tertiary/aromatic N) is 2. The van der Waals surface area contributed by atoms with Crippen LogP contribution in [0.15, 0.2) is 36.5 Å². The molecular formula is C19H20N2O2. The maximum atomic E-state index is 11.3. The molecule has 0 aliphatic heterocycles. The summed E-state index contributed by atoms with van der Waals surface area (Å²) in [6.45, 7) is 4.36. The molecule has 2 bridgehead atoms. The van der Waals surface area contributed by atoms with Crippen LogP contribution in [0.25, 0.3) is 11.4 Å². The van der Waals surface area contributed by atoms with Gasteiger partial charge in [0.05, 0.1) is 17.1 Å². The number of pyridine rings is 2. The molecule has 0 spiro atoms. The van der Waals surface area contributed by atoms with E-state index in [-0.39, 0.29) is 17.8 Å². The normalized spacial score (nSPS) is 30.2. The standard InChI is InChI=1S/C19H20N2O2/c1-18(2)13-11-16(18)19(23,8-10-22)17-12(13)6-7-15(21-17)14-5-3-4-9-20-14/h3-7,9-10,13,16,23H,8,11H2,1-2H3/t13-,16-,19+/m1/s1. The maximum Gasteiger partial charge on any atom is 0.123 e. The maximum absolute atomic E-state index is 11.3. The second-order valence-electron chi connectivity index (χ2n) is 7.31. The van der Waals surface area contributed by atoms with E-state index < -0.39 is 5.60 Å². The topological polar surface area (TPSA) is 63.1 Å². The van der Waals surface area contributed by atoms with E-state index in [1.54, 1.807) is 6.20 Å². The Morgan fingerprint density at radius 1 is 1.26 bits per heavy atom. The second-order valence-corrected chi connectivity index (χ2v) is 7.31. The molecular weight excluding hydrogens is 288 g/mol. The number of aliphatic hydroxyl groups is 1. The highest BCUT2D eigenvalue weighted by atomic mass is 16.3. The molecule has 0 unspecified atom stereocenters. The average Bonchev–Trinajstić information content (AvgIpc) is 2.55. The molecule has 4 nitrogen and oxygen atoms in total. The van der Waals surface area contributed by atoms with E-state index in [4.69, 9.17) is 4.98 Å². The third-order valence-electron chi connectivity index (χ3n) is 5.88. The highest BCUT2D eigenvalue weighted by Crippen LogP contribution is 2.68. The summed E-state index contributed by atoms with van der Waals surface area (Å²) in [5.74, 6) is 0.476. The van der Waals surface area contributed by atoms with Crippen LogP contribution in [0.5, 0.6) is 0 Å². The van der Waals surface area contributed by atoms with Crippen LogP contribution in [0.4, 0.5) is 0 Å². The van der Waals surface area contributed by atoms with Crippen molar-refractivity contribution in [3.63, 3.8) is 0 Å². The molecule has 2 aromatic heterocycles. The van der Waals surface area contributed by atoms with Crippen LogP contribution in [0.1, 0.15) is 43.9 Å². The molecule has 1 N–H and O–H groups in total. The van der Waals surface area contributed by atoms with Crippen LogP contribution in [0.3, 0.4) is 0 Å². The summed E-state index contributed by atoms with van der Waals surface area (Å²) in [6.07, 6.45) is 3.57.